The van der Waals surface area contributed by atoms with E-state index in [4.69, 9.17) is 5.73 Å². The molecule has 1 atom stereocenters. The zero-order chi connectivity index (χ0) is 16.4. The summed E-state index contributed by atoms with van der Waals surface area (Å²) in [5.74, 6) is 0.231. The van der Waals surface area contributed by atoms with Crippen molar-refractivity contribution in [3.63, 3.8) is 0 Å². The fourth-order valence-corrected chi connectivity index (χ4v) is 3.03. The first-order valence-corrected chi connectivity index (χ1v) is 7.67. The Hall–Kier alpha value is -1.89. The molecule has 1 fully saturated rings. The van der Waals surface area contributed by atoms with Gasteiger partial charge in [0.25, 0.3) is 5.56 Å². The van der Waals surface area contributed by atoms with E-state index in [0.29, 0.717) is 5.92 Å². The van der Waals surface area contributed by atoms with E-state index in [1.165, 1.54) is 20.5 Å². The maximum Gasteiger partial charge on any atom is 0.332 e. The van der Waals surface area contributed by atoms with Gasteiger partial charge in [-0.15, -0.1) is 0 Å². The maximum absolute atomic E-state index is 12.5. The van der Waals surface area contributed by atoms with Crippen molar-refractivity contribution in [2.45, 2.75) is 26.2 Å². The molecule has 1 aromatic heterocycles. The number of ketones is 1. The van der Waals surface area contributed by atoms with Crippen molar-refractivity contribution in [3.8, 4) is 0 Å². The standard InChI is InChI=1S/C15H24N4O3/c1-4-10-6-5-7-19(8-10)9-11(20)12-13(16)17(2)15(22)18(3)14(12)21/h10H,4-9,16H2,1-3H3/t10-/m1/s1. The molecule has 0 aromatic carbocycles. The van der Waals surface area contributed by atoms with Gasteiger partial charge in [0.1, 0.15) is 11.4 Å². The molecule has 1 aromatic rings. The number of carbonyl (C=O) groups excluding carboxylic acids is 1. The van der Waals surface area contributed by atoms with Gasteiger partial charge in [0.2, 0.25) is 0 Å². The van der Waals surface area contributed by atoms with E-state index in [1.807, 2.05) is 0 Å². The first kappa shape index (κ1) is 16.5. The number of hydrogen-bond donors (Lipinski definition) is 1. The van der Waals surface area contributed by atoms with Gasteiger partial charge in [0.05, 0.1) is 6.54 Å². The third-order valence-corrected chi connectivity index (χ3v) is 4.54. The second kappa shape index (κ2) is 6.48. The molecule has 2 rings (SSSR count). The number of aromatic nitrogens is 2. The number of hydrogen-bond acceptors (Lipinski definition) is 5. The van der Waals surface area contributed by atoms with Gasteiger partial charge in [-0.1, -0.05) is 13.3 Å². The Morgan fingerprint density at radius 2 is 1.95 bits per heavy atom. The van der Waals surface area contributed by atoms with Gasteiger partial charge >= 0.3 is 5.69 Å². The maximum atomic E-state index is 12.5. The third kappa shape index (κ3) is 2.99. The highest BCUT2D eigenvalue weighted by Crippen LogP contribution is 2.19. The van der Waals surface area contributed by atoms with E-state index in [0.717, 1.165) is 35.1 Å². The SMILES string of the molecule is CC[C@@H]1CCCN(CC(=O)c2c(N)n(C)c(=O)n(C)c2=O)C1. The van der Waals surface area contributed by atoms with Gasteiger partial charge < -0.3 is 5.73 Å². The predicted octanol–water partition coefficient (Wildman–Crippen LogP) is -0.0291. The number of nitrogen functional groups attached to an aromatic ring is 1. The second-order valence-corrected chi connectivity index (χ2v) is 6.04. The van der Waals surface area contributed by atoms with E-state index in [9.17, 15) is 14.4 Å². The lowest BCUT2D eigenvalue weighted by molar-refractivity contribution is 0.0882. The summed E-state index contributed by atoms with van der Waals surface area (Å²) in [6.07, 6.45) is 3.34. The van der Waals surface area contributed by atoms with Crippen molar-refractivity contribution in [2.75, 3.05) is 25.4 Å². The molecule has 2 heterocycles. The van der Waals surface area contributed by atoms with Crippen molar-refractivity contribution >= 4 is 11.6 Å². The van der Waals surface area contributed by atoms with Gasteiger partial charge in [-0.25, -0.2) is 4.79 Å². The molecule has 0 unspecified atom stereocenters. The molecule has 122 valence electrons. The summed E-state index contributed by atoms with van der Waals surface area (Å²) < 4.78 is 2.06. The number of anilines is 1. The Morgan fingerprint density at radius 1 is 1.27 bits per heavy atom. The van der Waals surface area contributed by atoms with Crippen LogP contribution in [0.25, 0.3) is 0 Å². The third-order valence-electron chi connectivity index (χ3n) is 4.54. The second-order valence-electron chi connectivity index (χ2n) is 6.04. The lowest BCUT2D eigenvalue weighted by Crippen LogP contribution is -2.44. The van der Waals surface area contributed by atoms with Crippen LogP contribution in [0.3, 0.4) is 0 Å². The van der Waals surface area contributed by atoms with Crippen LogP contribution in [0.4, 0.5) is 5.82 Å². The van der Waals surface area contributed by atoms with Crippen LogP contribution in [0.5, 0.6) is 0 Å². The minimum Gasteiger partial charge on any atom is -0.384 e. The monoisotopic (exact) mass is 308 g/mol. The summed E-state index contributed by atoms with van der Waals surface area (Å²) in [5.41, 5.74) is 4.60. The average Bonchev–Trinajstić information content (AvgIpc) is 2.51. The summed E-state index contributed by atoms with van der Waals surface area (Å²) in [4.78, 5) is 38.6. The van der Waals surface area contributed by atoms with E-state index in [-0.39, 0.29) is 23.7 Å². The molecule has 7 nitrogen and oxygen atoms in total. The molecule has 1 aliphatic rings. The van der Waals surface area contributed by atoms with Gasteiger partial charge in [-0.2, -0.15) is 0 Å². The van der Waals surface area contributed by atoms with Gasteiger partial charge in [0.15, 0.2) is 5.78 Å². The van der Waals surface area contributed by atoms with E-state index < -0.39 is 11.2 Å². The number of Topliss-reactive ketones (excluding diaryl/α,β-unsaturated/α-hetero) is 1. The molecule has 0 aliphatic carbocycles. The van der Waals surface area contributed by atoms with Crippen LogP contribution in [0.15, 0.2) is 9.59 Å². The Kier molecular flexibility index (Phi) is 4.85. The Morgan fingerprint density at radius 3 is 2.59 bits per heavy atom. The minimum atomic E-state index is -0.616. The van der Waals surface area contributed by atoms with Crippen LogP contribution in [0, 0.1) is 5.92 Å². The number of carbonyl (C=O) groups is 1. The van der Waals surface area contributed by atoms with E-state index in [1.54, 1.807) is 0 Å². The van der Waals surface area contributed by atoms with Crippen LogP contribution < -0.4 is 17.0 Å². The Labute approximate surface area is 129 Å². The number of piperidine rings is 1. The first-order chi connectivity index (χ1) is 10.4. The molecule has 0 radical (unpaired) electrons. The summed E-state index contributed by atoms with van der Waals surface area (Å²) in [6, 6.07) is 0. The fraction of sp³-hybridized carbons (Fsp3) is 0.667. The Balaban J connectivity index is 2.27. The number of nitrogens with zero attached hydrogens (tertiary/aromatic N) is 3. The number of likely N-dealkylation sites (tertiary alicyclic amines) is 1. The minimum absolute atomic E-state index is 0.0536. The largest absolute Gasteiger partial charge is 0.384 e. The van der Waals surface area contributed by atoms with Crippen molar-refractivity contribution in [2.24, 2.45) is 20.0 Å². The van der Waals surface area contributed by atoms with Gasteiger partial charge in [-0.05, 0) is 25.3 Å². The fourth-order valence-electron chi connectivity index (χ4n) is 3.03. The highest BCUT2D eigenvalue weighted by Gasteiger charge is 2.25. The zero-order valence-electron chi connectivity index (χ0n) is 13.5. The number of rotatable bonds is 4. The molecular weight excluding hydrogens is 284 g/mol. The van der Waals surface area contributed by atoms with Crippen LogP contribution in [-0.4, -0.2) is 39.5 Å². The summed E-state index contributed by atoms with van der Waals surface area (Å²) >= 11 is 0. The van der Waals surface area contributed by atoms with Crippen LogP contribution in [0.2, 0.25) is 0 Å². The molecule has 0 amide bonds. The van der Waals surface area contributed by atoms with Crippen LogP contribution in [0.1, 0.15) is 36.5 Å². The molecule has 22 heavy (non-hydrogen) atoms. The molecule has 2 N–H and O–H groups in total. The van der Waals surface area contributed by atoms with Crippen molar-refractivity contribution in [1.29, 1.82) is 0 Å². The molecule has 0 spiro atoms. The quantitative estimate of drug-likeness (QED) is 0.789. The van der Waals surface area contributed by atoms with E-state index in [2.05, 4.69) is 11.8 Å². The molecule has 0 saturated carbocycles. The highest BCUT2D eigenvalue weighted by atomic mass is 16.2. The molecule has 7 heteroatoms. The normalized spacial score (nSPS) is 19.3. The number of nitrogens with two attached hydrogens (primary N) is 1. The smallest absolute Gasteiger partial charge is 0.332 e. The summed E-state index contributed by atoms with van der Waals surface area (Å²) in [5, 5.41) is 0. The average molecular weight is 308 g/mol. The first-order valence-electron chi connectivity index (χ1n) is 7.67. The molecule has 1 aliphatic heterocycles. The molecule has 0 bridgehead atoms. The zero-order valence-corrected chi connectivity index (χ0v) is 13.5. The Bertz CT molecular complexity index is 689. The van der Waals surface area contributed by atoms with Crippen molar-refractivity contribution in [3.05, 3.63) is 26.4 Å². The van der Waals surface area contributed by atoms with Gasteiger partial charge in [-0.3, -0.25) is 23.6 Å². The van der Waals surface area contributed by atoms with Crippen molar-refractivity contribution in [1.82, 2.24) is 14.0 Å². The summed E-state index contributed by atoms with van der Waals surface area (Å²) in [6.45, 7) is 4.05. The summed E-state index contributed by atoms with van der Waals surface area (Å²) in [7, 11) is 2.82. The lowest BCUT2D eigenvalue weighted by Gasteiger charge is -2.31. The van der Waals surface area contributed by atoms with Crippen LogP contribution >= 0.6 is 0 Å². The molecule has 1 saturated heterocycles. The lowest BCUT2D eigenvalue weighted by atomic mass is 9.95. The molecular formula is C15H24N4O3. The highest BCUT2D eigenvalue weighted by molar-refractivity contribution is 6.01. The topological polar surface area (TPSA) is 90.3 Å². The van der Waals surface area contributed by atoms with Crippen molar-refractivity contribution < 1.29 is 4.79 Å². The van der Waals surface area contributed by atoms with Gasteiger partial charge in [0, 0.05) is 20.6 Å². The van der Waals surface area contributed by atoms with E-state index >= 15 is 0 Å². The van der Waals surface area contributed by atoms with Crippen LogP contribution in [-0.2, 0) is 14.1 Å². The predicted molar refractivity (Wildman–Crippen MR) is 85.1 cm³/mol.